The molecule has 0 aromatic heterocycles. The molecule has 4 heteroatoms. The molecule has 2 N–H and O–H groups in total. The van der Waals surface area contributed by atoms with Crippen LogP contribution in [-0.2, 0) is 10.5 Å². The molecule has 0 spiro atoms. The zero-order valence-electron chi connectivity index (χ0n) is 8.73. The van der Waals surface area contributed by atoms with Crippen molar-refractivity contribution in [3.8, 4) is 5.75 Å². The van der Waals surface area contributed by atoms with Crippen molar-refractivity contribution in [1.82, 2.24) is 0 Å². The Morgan fingerprint density at radius 1 is 1.33 bits per heavy atom. The average Bonchev–Trinajstić information content (AvgIpc) is 2.17. The number of aromatic hydroxyl groups is 1. The second-order valence-corrected chi connectivity index (χ2v) is 5.37. The van der Waals surface area contributed by atoms with Crippen molar-refractivity contribution in [2.45, 2.75) is 24.3 Å². The minimum Gasteiger partial charge on any atom is -0.508 e. The summed E-state index contributed by atoms with van der Waals surface area (Å²) in [5.41, 5.74) is 1.01. The van der Waals surface area contributed by atoms with Crippen molar-refractivity contribution in [2.24, 2.45) is 0 Å². The number of carboxylic acid groups (broad SMARTS) is 1. The molecule has 1 aromatic carbocycles. The summed E-state index contributed by atoms with van der Waals surface area (Å²) in [4.78, 5) is 10.8. The van der Waals surface area contributed by atoms with Crippen LogP contribution in [0.25, 0.3) is 0 Å². The maximum atomic E-state index is 10.8. The van der Waals surface area contributed by atoms with E-state index in [0.717, 1.165) is 5.56 Å². The lowest BCUT2D eigenvalue weighted by Gasteiger charge is -2.18. The third kappa shape index (κ3) is 3.47. The highest BCUT2D eigenvalue weighted by Gasteiger charge is 2.27. The van der Waals surface area contributed by atoms with Gasteiger partial charge >= 0.3 is 5.97 Å². The summed E-state index contributed by atoms with van der Waals surface area (Å²) in [5.74, 6) is 0.0343. The van der Waals surface area contributed by atoms with Gasteiger partial charge in [0.15, 0.2) is 0 Å². The topological polar surface area (TPSA) is 57.5 Å². The summed E-state index contributed by atoms with van der Waals surface area (Å²) in [6.07, 6.45) is 0. The third-order valence-electron chi connectivity index (χ3n) is 2.05. The molecule has 1 rings (SSSR count). The van der Waals surface area contributed by atoms with Crippen molar-refractivity contribution in [3.05, 3.63) is 29.8 Å². The van der Waals surface area contributed by atoms with Gasteiger partial charge in [-0.05, 0) is 31.5 Å². The van der Waals surface area contributed by atoms with E-state index in [0.29, 0.717) is 5.75 Å². The van der Waals surface area contributed by atoms with E-state index in [1.165, 1.54) is 11.8 Å². The lowest BCUT2D eigenvalue weighted by Crippen LogP contribution is -2.27. The Labute approximate surface area is 93.1 Å². The molecule has 0 saturated carbocycles. The molecule has 0 fully saturated rings. The summed E-state index contributed by atoms with van der Waals surface area (Å²) in [7, 11) is 0. The van der Waals surface area contributed by atoms with Gasteiger partial charge in [-0.1, -0.05) is 12.1 Å². The summed E-state index contributed by atoms with van der Waals surface area (Å²) in [6, 6.07) is 6.79. The van der Waals surface area contributed by atoms with E-state index in [-0.39, 0.29) is 5.75 Å². The number of phenols is 1. The fraction of sp³-hybridized carbons (Fsp3) is 0.364. The molecule has 15 heavy (non-hydrogen) atoms. The van der Waals surface area contributed by atoms with E-state index >= 15 is 0 Å². The number of carbonyl (C=O) groups is 1. The van der Waals surface area contributed by atoms with Gasteiger partial charge in [-0.2, -0.15) is 0 Å². The van der Waals surface area contributed by atoms with Crippen molar-refractivity contribution < 1.29 is 15.0 Å². The smallest absolute Gasteiger partial charge is 0.319 e. The number of thioether (sulfide) groups is 1. The van der Waals surface area contributed by atoms with Gasteiger partial charge in [0, 0.05) is 5.75 Å². The molecule has 0 saturated heterocycles. The Morgan fingerprint density at radius 3 is 2.33 bits per heavy atom. The van der Waals surface area contributed by atoms with Crippen LogP contribution < -0.4 is 0 Å². The lowest BCUT2D eigenvalue weighted by molar-refractivity contribution is -0.138. The van der Waals surface area contributed by atoms with E-state index in [9.17, 15) is 4.79 Å². The van der Waals surface area contributed by atoms with Gasteiger partial charge in [0.2, 0.25) is 0 Å². The molecular weight excluding hydrogens is 212 g/mol. The number of hydrogen-bond donors (Lipinski definition) is 2. The highest BCUT2D eigenvalue weighted by molar-refractivity contribution is 8.00. The van der Waals surface area contributed by atoms with E-state index in [1.807, 2.05) is 0 Å². The summed E-state index contributed by atoms with van der Waals surface area (Å²) >= 11 is 1.36. The van der Waals surface area contributed by atoms with Gasteiger partial charge in [-0.25, -0.2) is 0 Å². The highest BCUT2D eigenvalue weighted by atomic mass is 32.2. The van der Waals surface area contributed by atoms with Crippen molar-refractivity contribution >= 4 is 17.7 Å². The van der Waals surface area contributed by atoms with Gasteiger partial charge in [0.25, 0.3) is 0 Å². The molecule has 0 heterocycles. The predicted molar refractivity (Wildman–Crippen MR) is 61.1 cm³/mol. The normalized spacial score (nSPS) is 11.3. The molecule has 0 aliphatic carbocycles. The molecule has 0 atom stereocenters. The lowest BCUT2D eigenvalue weighted by atomic mass is 10.2. The van der Waals surface area contributed by atoms with Crippen LogP contribution in [0.2, 0.25) is 0 Å². The van der Waals surface area contributed by atoms with Crippen LogP contribution in [0.4, 0.5) is 0 Å². The van der Waals surface area contributed by atoms with Crippen LogP contribution in [0, 0.1) is 0 Å². The minimum absolute atomic E-state index is 0.223. The Kier molecular flexibility index (Phi) is 3.63. The molecule has 0 aliphatic rings. The standard InChI is InChI=1S/C11H14O3S/c1-11(2,10(13)14)15-7-8-3-5-9(12)6-4-8/h3-6,12H,7H2,1-2H3,(H,13,14). The second-order valence-electron chi connectivity index (χ2n) is 3.77. The molecule has 82 valence electrons. The molecular formula is C11H14O3S. The fourth-order valence-corrected chi connectivity index (χ4v) is 1.76. The number of rotatable bonds is 4. The third-order valence-corrected chi connectivity index (χ3v) is 3.43. The maximum Gasteiger partial charge on any atom is 0.319 e. The predicted octanol–water partition coefficient (Wildman–Crippen LogP) is 2.49. The van der Waals surface area contributed by atoms with Gasteiger partial charge in [-0.15, -0.1) is 11.8 Å². The molecule has 1 aromatic rings. The largest absolute Gasteiger partial charge is 0.508 e. The van der Waals surface area contributed by atoms with Crippen LogP contribution in [0.3, 0.4) is 0 Å². The zero-order valence-corrected chi connectivity index (χ0v) is 9.54. The van der Waals surface area contributed by atoms with Crippen molar-refractivity contribution in [1.29, 1.82) is 0 Å². The van der Waals surface area contributed by atoms with Gasteiger partial charge < -0.3 is 10.2 Å². The summed E-state index contributed by atoms with van der Waals surface area (Å²) in [6.45, 7) is 3.36. The maximum absolute atomic E-state index is 10.8. The van der Waals surface area contributed by atoms with E-state index in [1.54, 1.807) is 38.1 Å². The Hall–Kier alpha value is -1.16. The highest BCUT2D eigenvalue weighted by Crippen LogP contribution is 2.28. The van der Waals surface area contributed by atoms with Gasteiger partial charge in [-0.3, -0.25) is 4.79 Å². The Balaban J connectivity index is 2.57. The number of aliphatic carboxylic acids is 1. The SMILES string of the molecule is CC(C)(SCc1ccc(O)cc1)C(=O)O. The average molecular weight is 226 g/mol. The first-order valence-corrected chi connectivity index (χ1v) is 5.55. The Bertz CT molecular complexity index is 343. The van der Waals surface area contributed by atoms with Gasteiger partial charge in [0.1, 0.15) is 10.5 Å². The van der Waals surface area contributed by atoms with E-state index < -0.39 is 10.7 Å². The molecule has 3 nitrogen and oxygen atoms in total. The first-order chi connectivity index (χ1) is 6.92. The quantitative estimate of drug-likeness (QED) is 0.828. The molecule has 0 radical (unpaired) electrons. The second kappa shape index (κ2) is 4.57. The van der Waals surface area contributed by atoms with Crippen LogP contribution >= 0.6 is 11.8 Å². The molecule has 0 aliphatic heterocycles. The van der Waals surface area contributed by atoms with Crippen LogP contribution in [0.5, 0.6) is 5.75 Å². The first kappa shape index (κ1) is 11.9. The fourth-order valence-electron chi connectivity index (χ4n) is 0.918. The van der Waals surface area contributed by atoms with Crippen molar-refractivity contribution in [3.63, 3.8) is 0 Å². The van der Waals surface area contributed by atoms with Crippen LogP contribution in [0.15, 0.2) is 24.3 Å². The number of benzene rings is 1. The first-order valence-electron chi connectivity index (χ1n) is 4.57. The van der Waals surface area contributed by atoms with Crippen LogP contribution in [-0.4, -0.2) is 20.9 Å². The summed E-state index contributed by atoms with van der Waals surface area (Å²) in [5, 5.41) is 18.0. The minimum atomic E-state index is -0.814. The monoisotopic (exact) mass is 226 g/mol. The zero-order chi connectivity index (χ0) is 11.5. The molecule has 0 amide bonds. The molecule has 0 unspecified atom stereocenters. The van der Waals surface area contributed by atoms with Crippen molar-refractivity contribution in [2.75, 3.05) is 0 Å². The van der Waals surface area contributed by atoms with E-state index in [4.69, 9.17) is 10.2 Å². The number of carboxylic acids is 1. The Morgan fingerprint density at radius 2 is 1.87 bits per heavy atom. The molecule has 0 bridgehead atoms. The van der Waals surface area contributed by atoms with Gasteiger partial charge in [0.05, 0.1) is 0 Å². The number of phenolic OH excluding ortho intramolecular Hbond substituents is 1. The van der Waals surface area contributed by atoms with Crippen LogP contribution in [0.1, 0.15) is 19.4 Å². The number of hydrogen-bond acceptors (Lipinski definition) is 3. The van der Waals surface area contributed by atoms with E-state index in [2.05, 4.69) is 0 Å². The summed E-state index contributed by atoms with van der Waals surface area (Å²) < 4.78 is -0.780.